The maximum absolute atomic E-state index is 5.81. The Labute approximate surface area is 125 Å². The number of para-hydroxylation sites is 2. The average molecular weight is 277 g/mol. The number of aromatic nitrogens is 1. The van der Waals surface area contributed by atoms with Gasteiger partial charge in [0.25, 0.3) is 0 Å². The molecule has 0 bridgehead atoms. The molecule has 3 aromatic rings. The van der Waals surface area contributed by atoms with Gasteiger partial charge in [-0.05, 0) is 23.8 Å². The normalized spacial score (nSPS) is 10.8. The highest BCUT2D eigenvalue weighted by Gasteiger charge is 2.07. The summed E-state index contributed by atoms with van der Waals surface area (Å²) in [6.45, 7) is 1.31. The van der Waals surface area contributed by atoms with Crippen LogP contribution in [0, 0.1) is 0 Å². The van der Waals surface area contributed by atoms with E-state index in [1.54, 1.807) is 0 Å². The fraction of sp³-hybridized carbons (Fsp3) is 0.167. The first-order valence-corrected chi connectivity index (χ1v) is 7.12. The molecule has 106 valence electrons. The molecule has 2 aromatic carbocycles. The van der Waals surface area contributed by atoms with Crippen molar-refractivity contribution in [1.29, 1.82) is 0 Å². The van der Waals surface area contributed by atoms with Gasteiger partial charge >= 0.3 is 0 Å². The molecule has 3 heteroatoms. The SMILES string of the molecule is CN(Cc1ccc2ccccc2n1)c1ccccc1CN. The Kier molecular flexibility index (Phi) is 3.84. The zero-order chi connectivity index (χ0) is 14.7. The Morgan fingerprint density at radius 1 is 0.952 bits per heavy atom. The Morgan fingerprint density at radius 3 is 2.57 bits per heavy atom. The van der Waals surface area contributed by atoms with Crippen LogP contribution >= 0.6 is 0 Å². The molecule has 0 aliphatic carbocycles. The predicted molar refractivity (Wildman–Crippen MR) is 88.2 cm³/mol. The third-order valence-electron chi connectivity index (χ3n) is 3.68. The Balaban J connectivity index is 1.87. The van der Waals surface area contributed by atoms with Gasteiger partial charge in [0.15, 0.2) is 0 Å². The molecule has 1 heterocycles. The van der Waals surface area contributed by atoms with E-state index in [1.807, 2.05) is 30.3 Å². The van der Waals surface area contributed by atoms with Crippen LogP contribution in [0.4, 0.5) is 5.69 Å². The van der Waals surface area contributed by atoms with Crippen LogP contribution in [-0.2, 0) is 13.1 Å². The van der Waals surface area contributed by atoms with Crippen molar-refractivity contribution in [2.75, 3.05) is 11.9 Å². The molecule has 0 atom stereocenters. The fourth-order valence-corrected chi connectivity index (χ4v) is 2.58. The summed E-state index contributed by atoms with van der Waals surface area (Å²) in [5.41, 5.74) is 10.2. The molecular formula is C18H19N3. The van der Waals surface area contributed by atoms with Crippen LogP contribution in [0.1, 0.15) is 11.3 Å². The van der Waals surface area contributed by atoms with E-state index in [9.17, 15) is 0 Å². The van der Waals surface area contributed by atoms with Crippen LogP contribution in [0.15, 0.2) is 60.7 Å². The molecule has 3 rings (SSSR count). The van der Waals surface area contributed by atoms with Gasteiger partial charge in [0, 0.05) is 24.7 Å². The minimum atomic E-state index is 0.547. The monoisotopic (exact) mass is 277 g/mol. The number of hydrogen-bond acceptors (Lipinski definition) is 3. The summed E-state index contributed by atoms with van der Waals surface area (Å²) < 4.78 is 0. The smallest absolute Gasteiger partial charge is 0.0706 e. The molecule has 1 aromatic heterocycles. The topological polar surface area (TPSA) is 42.2 Å². The van der Waals surface area contributed by atoms with Crippen molar-refractivity contribution in [2.24, 2.45) is 5.73 Å². The van der Waals surface area contributed by atoms with E-state index >= 15 is 0 Å². The lowest BCUT2D eigenvalue weighted by Crippen LogP contribution is -2.19. The zero-order valence-corrected chi connectivity index (χ0v) is 12.2. The maximum atomic E-state index is 5.81. The number of rotatable bonds is 4. The van der Waals surface area contributed by atoms with Gasteiger partial charge in [0.05, 0.1) is 17.8 Å². The second-order valence-corrected chi connectivity index (χ2v) is 5.18. The summed E-state index contributed by atoms with van der Waals surface area (Å²) in [7, 11) is 2.07. The maximum Gasteiger partial charge on any atom is 0.0706 e. The third kappa shape index (κ3) is 2.88. The van der Waals surface area contributed by atoms with Crippen LogP contribution < -0.4 is 10.6 Å². The predicted octanol–water partition coefficient (Wildman–Crippen LogP) is 3.33. The van der Waals surface area contributed by atoms with E-state index in [0.29, 0.717) is 6.54 Å². The summed E-state index contributed by atoms with van der Waals surface area (Å²) >= 11 is 0. The van der Waals surface area contributed by atoms with Gasteiger partial charge in [0.1, 0.15) is 0 Å². The van der Waals surface area contributed by atoms with Gasteiger partial charge in [-0.25, -0.2) is 0 Å². The number of hydrogen-bond donors (Lipinski definition) is 1. The van der Waals surface area contributed by atoms with E-state index < -0.39 is 0 Å². The van der Waals surface area contributed by atoms with Crippen LogP contribution in [-0.4, -0.2) is 12.0 Å². The van der Waals surface area contributed by atoms with Crippen LogP contribution in [0.2, 0.25) is 0 Å². The van der Waals surface area contributed by atoms with Gasteiger partial charge < -0.3 is 10.6 Å². The molecule has 2 N–H and O–H groups in total. The van der Waals surface area contributed by atoms with Crippen molar-refractivity contribution in [3.05, 3.63) is 71.9 Å². The minimum Gasteiger partial charge on any atom is -0.368 e. The van der Waals surface area contributed by atoms with Crippen molar-refractivity contribution >= 4 is 16.6 Å². The summed E-state index contributed by atoms with van der Waals surface area (Å²) in [5, 5.41) is 1.17. The molecular weight excluding hydrogens is 258 g/mol. The highest BCUT2D eigenvalue weighted by Crippen LogP contribution is 2.21. The van der Waals surface area contributed by atoms with E-state index in [1.165, 1.54) is 5.39 Å². The van der Waals surface area contributed by atoms with Crippen molar-refractivity contribution in [3.63, 3.8) is 0 Å². The lowest BCUT2D eigenvalue weighted by molar-refractivity contribution is 0.878. The van der Waals surface area contributed by atoms with E-state index in [-0.39, 0.29) is 0 Å². The summed E-state index contributed by atoms with van der Waals surface area (Å²) in [6, 6.07) is 20.6. The third-order valence-corrected chi connectivity index (χ3v) is 3.68. The van der Waals surface area contributed by atoms with Crippen molar-refractivity contribution in [2.45, 2.75) is 13.1 Å². The second-order valence-electron chi connectivity index (χ2n) is 5.18. The molecule has 0 fully saturated rings. The highest BCUT2D eigenvalue weighted by atomic mass is 15.1. The van der Waals surface area contributed by atoms with Crippen molar-refractivity contribution < 1.29 is 0 Å². The Morgan fingerprint density at radius 2 is 1.71 bits per heavy atom. The number of nitrogens with two attached hydrogens (primary N) is 1. The minimum absolute atomic E-state index is 0.547. The quantitative estimate of drug-likeness (QED) is 0.795. The van der Waals surface area contributed by atoms with Gasteiger partial charge in [-0.1, -0.05) is 42.5 Å². The van der Waals surface area contributed by atoms with Gasteiger partial charge in [-0.2, -0.15) is 0 Å². The molecule has 0 radical (unpaired) electrons. The van der Waals surface area contributed by atoms with Crippen molar-refractivity contribution in [1.82, 2.24) is 4.98 Å². The fourth-order valence-electron chi connectivity index (χ4n) is 2.58. The van der Waals surface area contributed by atoms with E-state index in [4.69, 9.17) is 10.7 Å². The molecule has 0 unspecified atom stereocenters. The lowest BCUT2D eigenvalue weighted by Gasteiger charge is -2.21. The second kappa shape index (κ2) is 5.94. The largest absolute Gasteiger partial charge is 0.368 e. The molecule has 0 aliphatic heterocycles. The molecule has 0 aliphatic rings. The van der Waals surface area contributed by atoms with Gasteiger partial charge in [0.2, 0.25) is 0 Å². The number of anilines is 1. The summed E-state index contributed by atoms with van der Waals surface area (Å²) in [5.74, 6) is 0. The number of fused-ring (bicyclic) bond motifs is 1. The molecule has 3 nitrogen and oxygen atoms in total. The van der Waals surface area contributed by atoms with Crippen LogP contribution in [0.5, 0.6) is 0 Å². The van der Waals surface area contributed by atoms with Crippen molar-refractivity contribution in [3.8, 4) is 0 Å². The number of nitrogens with zero attached hydrogens (tertiary/aromatic N) is 2. The molecule has 21 heavy (non-hydrogen) atoms. The lowest BCUT2D eigenvalue weighted by atomic mass is 10.1. The molecule has 0 spiro atoms. The number of pyridine rings is 1. The molecule has 0 saturated heterocycles. The summed E-state index contributed by atoms with van der Waals surface area (Å²) in [4.78, 5) is 6.92. The standard InChI is InChI=1S/C18H19N3/c1-21(18-9-5-3-7-15(18)12-19)13-16-11-10-14-6-2-4-8-17(14)20-16/h2-11H,12-13,19H2,1H3. The zero-order valence-electron chi connectivity index (χ0n) is 12.2. The Hall–Kier alpha value is -2.39. The van der Waals surface area contributed by atoms with Crippen LogP contribution in [0.25, 0.3) is 10.9 Å². The first-order chi connectivity index (χ1) is 10.3. The molecule has 0 amide bonds. The number of benzene rings is 2. The van der Waals surface area contributed by atoms with E-state index in [2.05, 4.69) is 42.3 Å². The Bertz CT molecular complexity index is 752. The average Bonchev–Trinajstić information content (AvgIpc) is 2.54. The van der Waals surface area contributed by atoms with Crippen LogP contribution in [0.3, 0.4) is 0 Å². The van der Waals surface area contributed by atoms with Gasteiger partial charge in [-0.15, -0.1) is 0 Å². The highest BCUT2D eigenvalue weighted by molar-refractivity contribution is 5.78. The first kappa shape index (κ1) is 13.6. The first-order valence-electron chi connectivity index (χ1n) is 7.12. The van der Waals surface area contributed by atoms with E-state index in [0.717, 1.165) is 29.0 Å². The molecule has 0 saturated carbocycles. The summed E-state index contributed by atoms with van der Waals surface area (Å²) in [6.07, 6.45) is 0. The van der Waals surface area contributed by atoms with Gasteiger partial charge in [-0.3, -0.25) is 4.98 Å².